The van der Waals surface area contributed by atoms with E-state index in [-0.39, 0.29) is 79.8 Å². The van der Waals surface area contributed by atoms with Crippen LogP contribution in [-0.2, 0) is 21.9 Å². The third-order valence-corrected chi connectivity index (χ3v) is 0. The molecule has 32 valence electrons. The van der Waals surface area contributed by atoms with Crippen LogP contribution in [0.25, 0.3) is 0 Å². The number of rotatable bonds is 0. The van der Waals surface area contributed by atoms with Crippen LogP contribution < -0.4 is 29.6 Å². The Morgan fingerprint density at radius 1 is 0.571 bits per heavy atom. The first-order valence-corrected chi connectivity index (χ1v) is 0. The molecule has 0 aromatic carbocycles. The van der Waals surface area contributed by atoms with Crippen molar-refractivity contribution in [3.8, 4) is 0 Å². The smallest absolute Gasteiger partial charge is 2.00 e. The van der Waals surface area contributed by atoms with E-state index in [1.54, 1.807) is 0 Å². The Labute approximate surface area is 79.4 Å². The number of hydrogen-bond donors (Lipinski definition) is 0. The molecule has 0 N–H and O–H groups in total. The molecule has 0 fully saturated rings. The molecule has 0 amide bonds. The van der Waals surface area contributed by atoms with Crippen LogP contribution in [0.3, 0.4) is 0 Å². The van der Waals surface area contributed by atoms with Crippen LogP contribution in [0.1, 0.15) is 0 Å². The summed E-state index contributed by atoms with van der Waals surface area (Å²) < 4.78 is 0. The molecule has 0 aliphatic rings. The Morgan fingerprint density at radius 3 is 0.571 bits per heavy atom. The summed E-state index contributed by atoms with van der Waals surface area (Å²) in [4.78, 5) is 0. The van der Waals surface area contributed by atoms with Crippen molar-refractivity contribution < 1.29 is 51.5 Å². The summed E-state index contributed by atoms with van der Waals surface area (Å²) in [5, 5.41) is 0. The van der Waals surface area contributed by atoms with Gasteiger partial charge >= 0.3 is 57.9 Å². The van der Waals surface area contributed by atoms with Gasteiger partial charge in [-0.05, 0) is 0 Å². The van der Waals surface area contributed by atoms with Gasteiger partial charge in [-0.3, -0.25) is 0 Å². The van der Waals surface area contributed by atoms with Crippen molar-refractivity contribution in [2.75, 3.05) is 0 Å². The fourth-order valence-electron chi connectivity index (χ4n) is 0. The standard InChI is InChI=1S/Al.Na.4O.Si/q+3;+1;4*-2;+4. The van der Waals surface area contributed by atoms with Crippen LogP contribution in [-0.4, -0.2) is 28.3 Å². The SMILES string of the molecule is [Al+3].[Na+].[O-2].[O-2].[O-2].[O-2].[Si+4]. The Balaban J connectivity index is 0. The molecule has 0 heterocycles. The fraction of sp³-hybridized carbons (Fsp3) is 0. The van der Waals surface area contributed by atoms with Gasteiger partial charge in [-0.1, -0.05) is 0 Å². The van der Waals surface area contributed by atoms with Gasteiger partial charge in [-0.2, -0.15) is 0 Å². The Hall–Kier alpha value is 1.59. The Kier molecular flexibility index (Phi) is 3650. The van der Waals surface area contributed by atoms with Gasteiger partial charge in [0, 0.05) is 0 Å². The van der Waals surface area contributed by atoms with Crippen LogP contribution in [0.2, 0.25) is 0 Å². The van der Waals surface area contributed by atoms with Crippen molar-refractivity contribution in [1.82, 2.24) is 0 Å². The second kappa shape index (κ2) is 130. The first-order chi connectivity index (χ1) is 0. The zero-order valence-corrected chi connectivity index (χ0v) is 7.87. The maximum Gasteiger partial charge on any atom is 4.00 e. The van der Waals surface area contributed by atoms with Gasteiger partial charge in [0.05, 0.1) is 0 Å². The maximum absolute atomic E-state index is 0. The molecule has 0 unspecified atom stereocenters. The topological polar surface area (TPSA) is 114 Å². The zero-order chi connectivity index (χ0) is 0. The van der Waals surface area contributed by atoms with Gasteiger partial charge in [-0.25, -0.2) is 0 Å². The summed E-state index contributed by atoms with van der Waals surface area (Å²) in [5.41, 5.74) is 0. The van der Waals surface area contributed by atoms with Gasteiger partial charge in [0.2, 0.25) is 0 Å². The molecule has 0 aromatic heterocycles. The molecule has 0 saturated heterocycles. The second-order valence-electron chi connectivity index (χ2n) is 0. The monoisotopic (exact) mass is 142 g/mol. The summed E-state index contributed by atoms with van der Waals surface area (Å²) in [6, 6.07) is 0. The van der Waals surface area contributed by atoms with Crippen molar-refractivity contribution in [3.63, 3.8) is 0 Å². The molecule has 0 rings (SSSR count). The Bertz CT molecular complexity index is 11.7. The van der Waals surface area contributed by atoms with E-state index in [0.717, 1.165) is 0 Å². The summed E-state index contributed by atoms with van der Waals surface area (Å²) >= 11 is 0. The van der Waals surface area contributed by atoms with E-state index in [1.165, 1.54) is 0 Å². The number of hydrogen-bond acceptors (Lipinski definition) is 0. The summed E-state index contributed by atoms with van der Waals surface area (Å²) in [7, 11) is 0. The van der Waals surface area contributed by atoms with E-state index in [2.05, 4.69) is 0 Å². The van der Waals surface area contributed by atoms with Crippen molar-refractivity contribution in [3.05, 3.63) is 0 Å². The molecule has 0 radical (unpaired) electrons. The fourth-order valence-corrected chi connectivity index (χ4v) is 0. The van der Waals surface area contributed by atoms with Gasteiger partial charge in [0.1, 0.15) is 0 Å². The summed E-state index contributed by atoms with van der Waals surface area (Å²) in [5.74, 6) is 0. The van der Waals surface area contributed by atoms with Gasteiger partial charge < -0.3 is 21.9 Å². The minimum absolute atomic E-state index is 0. The van der Waals surface area contributed by atoms with Gasteiger partial charge in [0.15, 0.2) is 0 Å². The minimum Gasteiger partial charge on any atom is -2.00 e. The predicted octanol–water partition coefficient (Wildman–Crippen LogP) is -4.23. The third kappa shape index (κ3) is 93.9. The molecule has 0 spiro atoms. The zero-order valence-electron chi connectivity index (χ0n) is 3.71. The van der Waals surface area contributed by atoms with Crippen molar-refractivity contribution in [2.24, 2.45) is 0 Å². The van der Waals surface area contributed by atoms with Crippen molar-refractivity contribution in [2.45, 2.75) is 0 Å². The van der Waals surface area contributed by atoms with Crippen LogP contribution in [0.4, 0.5) is 0 Å². The van der Waals surface area contributed by atoms with Crippen LogP contribution in [0.5, 0.6) is 0 Å². The predicted molar refractivity (Wildman–Crippen MR) is 14.3 cm³/mol. The molecule has 4 nitrogen and oxygen atoms in total. The maximum atomic E-state index is 0. The Morgan fingerprint density at radius 2 is 0.571 bits per heavy atom. The summed E-state index contributed by atoms with van der Waals surface area (Å²) in [6.07, 6.45) is 0. The van der Waals surface area contributed by atoms with E-state index in [4.69, 9.17) is 0 Å². The summed E-state index contributed by atoms with van der Waals surface area (Å²) in [6.45, 7) is 0. The van der Waals surface area contributed by atoms with Crippen molar-refractivity contribution >= 4 is 28.3 Å². The molecule has 0 aliphatic heterocycles. The molecule has 7 heavy (non-hydrogen) atoms. The van der Waals surface area contributed by atoms with E-state index in [0.29, 0.717) is 0 Å². The second-order valence-corrected chi connectivity index (χ2v) is 0. The minimum atomic E-state index is 0. The van der Waals surface area contributed by atoms with Crippen LogP contribution >= 0.6 is 0 Å². The van der Waals surface area contributed by atoms with E-state index in [1.807, 2.05) is 0 Å². The molecule has 0 aliphatic carbocycles. The van der Waals surface area contributed by atoms with E-state index in [9.17, 15) is 0 Å². The molecule has 0 aromatic rings. The first-order valence-electron chi connectivity index (χ1n) is 0. The average Bonchev–Trinajstić information content (AvgIpc) is 0. The molecule has 0 atom stereocenters. The first kappa shape index (κ1) is 196. The van der Waals surface area contributed by atoms with Gasteiger partial charge in [-0.15, -0.1) is 0 Å². The van der Waals surface area contributed by atoms with Crippen LogP contribution in [0, 0.1) is 0 Å². The molecule has 7 heteroatoms. The normalized spacial score (nSPS) is 0. The third-order valence-electron chi connectivity index (χ3n) is 0. The average molecular weight is 142 g/mol. The molecule has 0 saturated carbocycles. The van der Waals surface area contributed by atoms with E-state index >= 15 is 0 Å². The largest absolute Gasteiger partial charge is 4.00 e. The quantitative estimate of drug-likeness (QED) is 0.305. The van der Waals surface area contributed by atoms with Gasteiger partial charge in [0.25, 0.3) is 0 Å². The van der Waals surface area contributed by atoms with Crippen LogP contribution in [0.15, 0.2) is 0 Å². The van der Waals surface area contributed by atoms with E-state index < -0.39 is 0 Å². The molecular weight excluding hydrogens is 142 g/mol. The van der Waals surface area contributed by atoms with Crippen molar-refractivity contribution in [1.29, 1.82) is 0 Å². The molecular formula is AlNaO4Si. The molecule has 0 bridgehead atoms.